The highest BCUT2D eigenvalue weighted by Gasteiger charge is 2.14. The number of rotatable bonds is 3. The molecule has 2 N–H and O–H groups in total. The third kappa shape index (κ3) is 2.62. The van der Waals surface area contributed by atoms with Crippen LogP contribution in [0.3, 0.4) is 0 Å². The van der Waals surface area contributed by atoms with Crippen molar-refractivity contribution in [2.24, 2.45) is 7.05 Å². The summed E-state index contributed by atoms with van der Waals surface area (Å²) in [5.74, 6) is -0.151. The summed E-state index contributed by atoms with van der Waals surface area (Å²) in [5, 5.41) is 4.06. The Morgan fingerprint density at radius 2 is 2.28 bits per heavy atom. The van der Waals surface area contributed by atoms with E-state index in [4.69, 9.17) is 10.5 Å². The van der Waals surface area contributed by atoms with Gasteiger partial charge in [-0.3, -0.25) is 4.68 Å². The van der Waals surface area contributed by atoms with Gasteiger partial charge in [0, 0.05) is 24.3 Å². The number of anilines is 1. The molecule has 2 aromatic rings. The predicted molar refractivity (Wildman–Crippen MR) is 67.3 cm³/mol. The summed E-state index contributed by atoms with van der Waals surface area (Å²) in [7, 11) is 3.16. The molecule has 6 nitrogen and oxygen atoms in total. The number of carbonyl (C=O) groups excluding carboxylic acids is 1. The van der Waals surface area contributed by atoms with Gasteiger partial charge in [-0.15, -0.1) is 0 Å². The molecule has 0 amide bonds. The molecule has 0 bridgehead atoms. The Labute approximate surface area is 108 Å². The van der Waals surface area contributed by atoms with Gasteiger partial charge in [0.1, 0.15) is 5.82 Å². The lowest BCUT2D eigenvalue weighted by atomic mass is 10.2. The number of carbonyl (C=O) groups is 1. The number of nitrogens with two attached hydrogens (primary N) is 1. The van der Waals surface area contributed by atoms with Gasteiger partial charge in [0.05, 0.1) is 23.8 Å². The highest BCUT2D eigenvalue weighted by atomic mass is 32.2. The number of nitrogen functional groups attached to an aromatic ring is 1. The van der Waals surface area contributed by atoms with Gasteiger partial charge in [-0.25, -0.2) is 9.78 Å². The maximum Gasteiger partial charge on any atom is 0.339 e. The number of aromatic nitrogens is 3. The highest BCUT2D eigenvalue weighted by molar-refractivity contribution is 7.99. The van der Waals surface area contributed by atoms with Crippen molar-refractivity contribution in [3.8, 4) is 0 Å². The maximum absolute atomic E-state index is 11.6. The molecule has 7 heteroatoms. The molecule has 0 saturated heterocycles. The summed E-state index contributed by atoms with van der Waals surface area (Å²) in [6.07, 6.45) is 5.11. The fourth-order valence-electron chi connectivity index (χ4n) is 1.39. The van der Waals surface area contributed by atoms with E-state index in [0.29, 0.717) is 10.5 Å². The Bertz CT molecular complexity index is 582. The number of aryl methyl sites for hydroxylation is 1. The molecule has 0 atom stereocenters. The lowest BCUT2D eigenvalue weighted by Gasteiger charge is -2.06. The minimum atomic E-state index is -0.435. The van der Waals surface area contributed by atoms with Gasteiger partial charge in [-0.05, 0) is 6.07 Å². The number of hydrogen-bond donors (Lipinski definition) is 1. The zero-order valence-electron chi connectivity index (χ0n) is 9.95. The van der Waals surface area contributed by atoms with E-state index in [0.717, 1.165) is 4.90 Å². The first-order chi connectivity index (χ1) is 8.60. The van der Waals surface area contributed by atoms with E-state index in [2.05, 4.69) is 10.1 Å². The Balaban J connectivity index is 2.35. The third-order valence-corrected chi connectivity index (χ3v) is 3.19. The molecule has 18 heavy (non-hydrogen) atoms. The van der Waals surface area contributed by atoms with Crippen LogP contribution >= 0.6 is 11.8 Å². The molecule has 94 valence electrons. The van der Waals surface area contributed by atoms with Gasteiger partial charge in [0.2, 0.25) is 0 Å². The fraction of sp³-hybridized carbons (Fsp3) is 0.182. The predicted octanol–water partition coefficient (Wildman–Crippen LogP) is 1.34. The van der Waals surface area contributed by atoms with Crippen LogP contribution in [0, 0.1) is 0 Å². The van der Waals surface area contributed by atoms with Crippen LogP contribution in [0.25, 0.3) is 0 Å². The van der Waals surface area contributed by atoms with Gasteiger partial charge in [0.25, 0.3) is 0 Å². The van der Waals surface area contributed by atoms with Crippen molar-refractivity contribution < 1.29 is 9.53 Å². The van der Waals surface area contributed by atoms with E-state index in [1.807, 2.05) is 13.2 Å². The molecule has 0 spiro atoms. The number of nitrogens with zero attached hydrogens (tertiary/aromatic N) is 3. The average Bonchev–Trinajstić information content (AvgIpc) is 2.76. The molecule has 0 radical (unpaired) electrons. The first-order valence-electron chi connectivity index (χ1n) is 5.10. The Morgan fingerprint density at radius 3 is 2.89 bits per heavy atom. The number of ether oxygens (including phenoxy) is 1. The van der Waals surface area contributed by atoms with Crippen molar-refractivity contribution in [1.29, 1.82) is 0 Å². The van der Waals surface area contributed by atoms with E-state index < -0.39 is 5.97 Å². The van der Waals surface area contributed by atoms with Gasteiger partial charge < -0.3 is 10.5 Å². The molecule has 0 saturated carbocycles. The number of esters is 1. The van der Waals surface area contributed by atoms with Crippen LogP contribution in [0.5, 0.6) is 0 Å². The van der Waals surface area contributed by atoms with Crippen LogP contribution < -0.4 is 5.73 Å². The zero-order chi connectivity index (χ0) is 13.1. The fourth-order valence-corrected chi connectivity index (χ4v) is 2.30. The minimum absolute atomic E-state index is 0.283. The zero-order valence-corrected chi connectivity index (χ0v) is 10.8. The van der Waals surface area contributed by atoms with Gasteiger partial charge in [0.15, 0.2) is 0 Å². The van der Waals surface area contributed by atoms with Crippen LogP contribution in [-0.2, 0) is 11.8 Å². The maximum atomic E-state index is 11.6. The molecular weight excluding hydrogens is 252 g/mol. The topological polar surface area (TPSA) is 83.0 Å². The summed E-state index contributed by atoms with van der Waals surface area (Å²) in [6.45, 7) is 0. The molecule has 0 aliphatic heterocycles. The van der Waals surface area contributed by atoms with Gasteiger partial charge in [-0.1, -0.05) is 11.8 Å². The summed E-state index contributed by atoms with van der Waals surface area (Å²) in [4.78, 5) is 17.2. The largest absolute Gasteiger partial charge is 0.465 e. The normalized spacial score (nSPS) is 10.3. The molecule has 0 aromatic carbocycles. The second kappa shape index (κ2) is 5.09. The Hall–Kier alpha value is -2.02. The van der Waals surface area contributed by atoms with Crippen molar-refractivity contribution in [2.45, 2.75) is 9.79 Å². The van der Waals surface area contributed by atoms with E-state index in [9.17, 15) is 4.79 Å². The van der Waals surface area contributed by atoms with Gasteiger partial charge >= 0.3 is 5.97 Å². The first-order valence-corrected chi connectivity index (χ1v) is 5.92. The van der Waals surface area contributed by atoms with E-state index in [-0.39, 0.29) is 5.82 Å². The number of methoxy groups -OCH3 is 1. The monoisotopic (exact) mass is 264 g/mol. The number of hydrogen-bond acceptors (Lipinski definition) is 6. The molecule has 0 unspecified atom stereocenters. The van der Waals surface area contributed by atoms with Crippen molar-refractivity contribution in [3.63, 3.8) is 0 Å². The average molecular weight is 264 g/mol. The van der Waals surface area contributed by atoms with Crippen LogP contribution in [0.4, 0.5) is 5.82 Å². The summed E-state index contributed by atoms with van der Waals surface area (Å²) < 4.78 is 6.40. The minimum Gasteiger partial charge on any atom is -0.465 e. The third-order valence-electron chi connectivity index (χ3n) is 2.20. The first kappa shape index (κ1) is 12.4. The SMILES string of the molecule is COC(=O)c1cc(N)ncc1Sc1cnn(C)c1. The molecule has 2 aromatic heterocycles. The van der Waals surface area contributed by atoms with Crippen LogP contribution in [0.15, 0.2) is 34.4 Å². The summed E-state index contributed by atoms with van der Waals surface area (Å²) >= 11 is 1.39. The lowest BCUT2D eigenvalue weighted by molar-refractivity contribution is 0.0596. The number of pyridine rings is 1. The second-order valence-electron chi connectivity index (χ2n) is 3.55. The van der Waals surface area contributed by atoms with Crippen LogP contribution in [-0.4, -0.2) is 27.8 Å². The summed E-state index contributed by atoms with van der Waals surface area (Å²) in [6, 6.07) is 1.50. The Kier molecular flexibility index (Phi) is 3.52. The lowest BCUT2D eigenvalue weighted by Crippen LogP contribution is -2.05. The quantitative estimate of drug-likeness (QED) is 0.842. The molecule has 2 rings (SSSR count). The van der Waals surface area contributed by atoms with Crippen molar-refractivity contribution in [1.82, 2.24) is 14.8 Å². The molecule has 0 aliphatic rings. The Morgan fingerprint density at radius 1 is 1.50 bits per heavy atom. The second-order valence-corrected chi connectivity index (χ2v) is 4.66. The van der Waals surface area contributed by atoms with E-state index in [1.165, 1.54) is 24.9 Å². The smallest absolute Gasteiger partial charge is 0.339 e. The summed E-state index contributed by atoms with van der Waals surface area (Å²) in [5.41, 5.74) is 5.97. The highest BCUT2D eigenvalue weighted by Crippen LogP contribution is 2.30. The standard InChI is InChI=1S/C11H12N4O2S/c1-15-6-7(4-14-15)18-9-5-13-10(12)3-8(9)11(16)17-2/h3-6H,1-2H3,(H2,12,13). The van der Waals surface area contributed by atoms with Gasteiger partial charge in [-0.2, -0.15) is 5.10 Å². The van der Waals surface area contributed by atoms with Crippen molar-refractivity contribution in [3.05, 3.63) is 30.2 Å². The molecule has 2 heterocycles. The molecular formula is C11H12N4O2S. The van der Waals surface area contributed by atoms with Crippen molar-refractivity contribution >= 4 is 23.5 Å². The molecule has 0 aliphatic carbocycles. The van der Waals surface area contributed by atoms with Crippen LogP contribution in [0.1, 0.15) is 10.4 Å². The van der Waals surface area contributed by atoms with E-state index >= 15 is 0 Å². The van der Waals surface area contributed by atoms with E-state index in [1.54, 1.807) is 17.1 Å². The molecule has 0 fully saturated rings. The van der Waals surface area contributed by atoms with Crippen molar-refractivity contribution in [2.75, 3.05) is 12.8 Å². The van der Waals surface area contributed by atoms with Crippen LogP contribution in [0.2, 0.25) is 0 Å².